The fraction of sp³-hybridized carbons (Fsp3) is 0.316. The lowest BCUT2D eigenvalue weighted by atomic mass is 10.2. The van der Waals surface area contributed by atoms with Crippen LogP contribution in [0.1, 0.15) is 24.2 Å². The summed E-state index contributed by atoms with van der Waals surface area (Å²) in [5.74, 6) is 1.90. The zero-order valence-corrected chi connectivity index (χ0v) is 17.7. The molecule has 0 aliphatic carbocycles. The first-order chi connectivity index (χ1) is 14.5. The number of carbonyl (C=O) groups is 2. The van der Waals surface area contributed by atoms with Gasteiger partial charge in [0.25, 0.3) is 0 Å². The van der Waals surface area contributed by atoms with Crippen molar-refractivity contribution in [1.29, 1.82) is 0 Å². The first-order valence-corrected chi connectivity index (χ1v) is 9.04. The summed E-state index contributed by atoms with van der Waals surface area (Å²) < 4.78 is 25.9. The van der Waals surface area contributed by atoms with Crippen molar-refractivity contribution >= 4 is 23.5 Å². The van der Waals surface area contributed by atoms with Crippen LogP contribution >= 0.6 is 11.6 Å². The Morgan fingerprint density at radius 2 is 1.71 bits per heavy atom. The molecule has 0 spiro atoms. The Morgan fingerprint density at radius 1 is 1.13 bits per heavy atom. The predicted octanol–water partition coefficient (Wildman–Crippen LogP) is 0.139. The van der Waals surface area contributed by atoms with Crippen LogP contribution in [0.4, 0.5) is 4.39 Å². The van der Waals surface area contributed by atoms with E-state index in [2.05, 4.69) is 11.8 Å². The smallest absolute Gasteiger partial charge is 0.348 e. The van der Waals surface area contributed by atoms with Crippen molar-refractivity contribution in [3.8, 4) is 17.5 Å². The fourth-order valence-electron chi connectivity index (χ4n) is 2.41. The largest absolute Gasteiger partial charge is 0.450 e. The molecule has 1 heterocycles. The highest BCUT2D eigenvalue weighted by molar-refractivity contribution is 6.33. The molecule has 164 valence electrons. The number of rotatable bonds is 5. The number of ether oxygens (including phenoxy) is 2. The van der Waals surface area contributed by atoms with Gasteiger partial charge < -0.3 is 9.47 Å². The summed E-state index contributed by atoms with van der Waals surface area (Å²) in [6.07, 6.45) is -1.34. The summed E-state index contributed by atoms with van der Waals surface area (Å²) >= 11 is 5.92. The van der Waals surface area contributed by atoms with Crippen LogP contribution in [0.15, 0.2) is 26.5 Å². The van der Waals surface area contributed by atoms with Gasteiger partial charge in [0.05, 0.1) is 16.3 Å². The van der Waals surface area contributed by atoms with Crippen LogP contribution in [0, 0.1) is 17.7 Å². The van der Waals surface area contributed by atoms with Gasteiger partial charge in [-0.15, -0.1) is 5.92 Å². The first kappa shape index (κ1) is 23.6. The van der Waals surface area contributed by atoms with Gasteiger partial charge in [0.1, 0.15) is 5.82 Å². The minimum absolute atomic E-state index is 0.197. The van der Waals surface area contributed by atoms with Gasteiger partial charge >= 0.3 is 29.0 Å². The molecule has 0 radical (unpaired) electrons. The summed E-state index contributed by atoms with van der Waals surface area (Å²) in [6.45, 7) is 2.59. The zero-order valence-electron chi connectivity index (χ0n) is 16.9. The molecule has 12 heteroatoms. The van der Waals surface area contributed by atoms with Gasteiger partial charge in [-0.2, -0.15) is 0 Å². The summed E-state index contributed by atoms with van der Waals surface area (Å²) in [5.41, 5.74) is -4.24. The lowest BCUT2D eigenvalue weighted by molar-refractivity contribution is -0.151. The van der Waals surface area contributed by atoms with E-state index >= 15 is 0 Å². The van der Waals surface area contributed by atoms with Crippen molar-refractivity contribution in [1.82, 2.24) is 13.7 Å². The Hall–Kier alpha value is -3.65. The molecule has 1 unspecified atom stereocenters. The maximum Gasteiger partial charge on any atom is 0.348 e. The number of benzene rings is 1. The lowest BCUT2D eigenvalue weighted by Crippen LogP contribution is -2.52. The van der Waals surface area contributed by atoms with Gasteiger partial charge in [0.2, 0.25) is 0 Å². The van der Waals surface area contributed by atoms with E-state index in [-0.39, 0.29) is 6.61 Å². The molecule has 1 aromatic carbocycles. The minimum Gasteiger partial charge on any atom is -0.450 e. The first-order valence-electron chi connectivity index (χ1n) is 8.67. The minimum atomic E-state index is -1.34. The van der Waals surface area contributed by atoms with Gasteiger partial charge in [-0.25, -0.2) is 42.1 Å². The van der Waals surface area contributed by atoms with Crippen LogP contribution in [-0.2, 0) is 28.4 Å². The third-order valence-electron chi connectivity index (χ3n) is 4.11. The Labute approximate surface area is 179 Å². The third kappa shape index (κ3) is 4.75. The molecule has 0 fully saturated rings. The van der Waals surface area contributed by atoms with Crippen molar-refractivity contribution < 1.29 is 23.5 Å². The highest BCUT2D eigenvalue weighted by atomic mass is 35.5. The summed E-state index contributed by atoms with van der Waals surface area (Å²) in [6, 6.07) is 1.51. The average molecular weight is 454 g/mol. The number of esters is 2. The molecule has 2 aromatic rings. The maximum absolute atomic E-state index is 14.5. The summed E-state index contributed by atoms with van der Waals surface area (Å²) in [4.78, 5) is 61.0. The van der Waals surface area contributed by atoms with Crippen molar-refractivity contribution in [2.45, 2.75) is 20.0 Å². The molecule has 2 rings (SSSR count). The van der Waals surface area contributed by atoms with Crippen LogP contribution < -0.4 is 17.1 Å². The quantitative estimate of drug-likeness (QED) is 0.466. The topological polar surface area (TPSA) is 119 Å². The monoisotopic (exact) mass is 453 g/mol. The molecule has 1 atom stereocenters. The number of hydrogen-bond acceptors (Lipinski definition) is 7. The van der Waals surface area contributed by atoms with E-state index in [9.17, 15) is 28.4 Å². The van der Waals surface area contributed by atoms with Crippen molar-refractivity contribution in [3.05, 3.63) is 60.0 Å². The normalized spacial score (nSPS) is 11.3. The Balaban J connectivity index is 2.50. The highest BCUT2D eigenvalue weighted by Gasteiger charge is 2.25. The summed E-state index contributed by atoms with van der Waals surface area (Å²) in [7, 11) is 2.19. The molecule has 1 aromatic heterocycles. The molecule has 0 aliphatic heterocycles. The van der Waals surface area contributed by atoms with Gasteiger partial charge in [-0.3, -0.25) is 0 Å². The Morgan fingerprint density at radius 3 is 2.26 bits per heavy atom. The molecule has 0 bridgehead atoms. The van der Waals surface area contributed by atoms with Crippen LogP contribution in [0.2, 0.25) is 5.02 Å². The van der Waals surface area contributed by atoms with E-state index in [1.807, 2.05) is 0 Å². The molecule has 0 amide bonds. The van der Waals surface area contributed by atoms with Crippen LogP contribution in [0.3, 0.4) is 0 Å². The third-order valence-corrected chi connectivity index (χ3v) is 4.42. The Kier molecular flexibility index (Phi) is 7.20. The second-order valence-corrected chi connectivity index (χ2v) is 6.57. The number of hydrogen-bond donors (Lipinski definition) is 0. The SMILES string of the molecule is CC#CCOC(=O)C(C)OC(=O)c1cc(-n2c(=O)n(C)c(=O)n(C)c2=O)c(F)cc1Cl. The second kappa shape index (κ2) is 9.44. The predicted molar refractivity (Wildman–Crippen MR) is 107 cm³/mol. The molecule has 0 saturated heterocycles. The Bertz CT molecular complexity index is 1260. The van der Waals surface area contributed by atoms with Crippen molar-refractivity contribution in [2.75, 3.05) is 6.61 Å². The van der Waals surface area contributed by atoms with E-state index in [0.29, 0.717) is 19.8 Å². The molecule has 10 nitrogen and oxygen atoms in total. The van der Waals surface area contributed by atoms with Crippen molar-refractivity contribution in [3.63, 3.8) is 0 Å². The van der Waals surface area contributed by atoms with E-state index in [1.54, 1.807) is 6.92 Å². The highest BCUT2D eigenvalue weighted by Crippen LogP contribution is 2.23. The van der Waals surface area contributed by atoms with Crippen LogP contribution in [0.25, 0.3) is 5.69 Å². The van der Waals surface area contributed by atoms with E-state index in [4.69, 9.17) is 21.1 Å². The molecule has 0 aliphatic rings. The van der Waals surface area contributed by atoms with Gasteiger partial charge in [0, 0.05) is 14.1 Å². The molecular weight excluding hydrogens is 437 g/mol. The molecule has 0 saturated carbocycles. The number of nitrogens with zero attached hydrogens (tertiary/aromatic N) is 3. The molecule has 31 heavy (non-hydrogen) atoms. The van der Waals surface area contributed by atoms with E-state index < -0.39 is 57.2 Å². The number of carbonyl (C=O) groups excluding carboxylic acids is 2. The molecule has 0 N–H and O–H groups in total. The number of aromatic nitrogens is 3. The van der Waals surface area contributed by atoms with Gasteiger partial charge in [-0.05, 0) is 26.0 Å². The average Bonchev–Trinajstić information content (AvgIpc) is 2.72. The summed E-state index contributed by atoms with van der Waals surface area (Å²) in [5, 5.41) is -0.390. The fourth-order valence-corrected chi connectivity index (χ4v) is 2.64. The standard InChI is InChI=1S/C19H17ClFN3O7/c1-5-6-7-30-15(25)10(2)31-16(26)11-8-14(13(21)9-12(11)20)24-18(28)22(3)17(27)23(4)19(24)29/h8-10H,7H2,1-4H3. The van der Waals surface area contributed by atoms with E-state index in [0.717, 1.165) is 20.2 Å². The lowest BCUT2D eigenvalue weighted by Gasteiger charge is -2.14. The number of halogens is 2. The van der Waals surface area contributed by atoms with Crippen LogP contribution in [-0.4, -0.2) is 38.4 Å². The zero-order chi connectivity index (χ0) is 23.5. The maximum atomic E-state index is 14.5. The van der Waals surface area contributed by atoms with Gasteiger partial charge in [0.15, 0.2) is 12.7 Å². The van der Waals surface area contributed by atoms with Crippen LogP contribution in [0.5, 0.6) is 0 Å². The second-order valence-electron chi connectivity index (χ2n) is 6.17. The van der Waals surface area contributed by atoms with E-state index in [1.165, 1.54) is 6.92 Å². The van der Waals surface area contributed by atoms with Gasteiger partial charge in [-0.1, -0.05) is 17.5 Å². The molecular formula is C19H17ClFN3O7. The van der Waals surface area contributed by atoms with Crippen molar-refractivity contribution in [2.24, 2.45) is 14.1 Å².